The molecule has 0 unspecified atom stereocenters. The number of anilines is 1. The summed E-state index contributed by atoms with van der Waals surface area (Å²) in [5.41, 5.74) is 0.232. The maximum absolute atomic E-state index is 12.5. The minimum absolute atomic E-state index is 0.0608. The van der Waals surface area contributed by atoms with Crippen LogP contribution in [0.15, 0.2) is 36.4 Å². The summed E-state index contributed by atoms with van der Waals surface area (Å²) in [6, 6.07) is 4.60. The number of likely N-dealkylation sites (tertiary alicyclic amines) is 1. The van der Waals surface area contributed by atoms with Crippen LogP contribution in [0.2, 0.25) is 0 Å². The van der Waals surface area contributed by atoms with Crippen molar-refractivity contribution in [2.75, 3.05) is 11.9 Å². The van der Waals surface area contributed by atoms with Gasteiger partial charge in [-0.3, -0.25) is 19.3 Å². The molecular formula is C18H15F3N2O4. The number of benzene rings is 1. The number of nitrogens with one attached hydrogen (secondary N) is 1. The van der Waals surface area contributed by atoms with Crippen LogP contribution >= 0.6 is 0 Å². The van der Waals surface area contributed by atoms with E-state index in [1.807, 2.05) is 12.2 Å². The topological polar surface area (TPSA) is 75.7 Å². The first-order chi connectivity index (χ1) is 12.7. The number of amides is 3. The minimum Gasteiger partial charge on any atom is -0.406 e. The van der Waals surface area contributed by atoms with Crippen LogP contribution in [-0.4, -0.2) is 35.5 Å². The average molecular weight is 380 g/mol. The number of nitrogens with zero attached hydrogens (tertiary/aromatic N) is 1. The number of ether oxygens (including phenoxy) is 1. The van der Waals surface area contributed by atoms with Crippen molar-refractivity contribution >= 4 is 23.4 Å². The predicted octanol–water partition coefficient (Wildman–Crippen LogP) is 2.33. The first kappa shape index (κ1) is 17.6. The lowest BCUT2D eigenvalue weighted by molar-refractivity contribution is -0.274. The largest absolute Gasteiger partial charge is 0.573 e. The highest BCUT2D eigenvalue weighted by molar-refractivity contribution is 6.09. The van der Waals surface area contributed by atoms with Gasteiger partial charge in [-0.2, -0.15) is 0 Å². The SMILES string of the molecule is O=C(CN1C(=O)[C@H]2[C@H](C1=O)[C@H]1C=C[C@H]2C1)Nc1ccc(OC(F)(F)F)cc1. The van der Waals surface area contributed by atoms with Crippen LogP contribution in [0.3, 0.4) is 0 Å². The summed E-state index contributed by atoms with van der Waals surface area (Å²) in [6.07, 6.45) is -0.0664. The van der Waals surface area contributed by atoms with Gasteiger partial charge in [-0.05, 0) is 42.5 Å². The van der Waals surface area contributed by atoms with E-state index in [2.05, 4.69) is 10.1 Å². The fourth-order valence-corrected chi connectivity index (χ4v) is 4.20. The summed E-state index contributed by atoms with van der Waals surface area (Å²) in [5.74, 6) is -2.30. The van der Waals surface area contributed by atoms with Crippen LogP contribution in [0.1, 0.15) is 6.42 Å². The maximum Gasteiger partial charge on any atom is 0.573 e. The van der Waals surface area contributed by atoms with Crippen LogP contribution in [0, 0.1) is 23.7 Å². The van der Waals surface area contributed by atoms with Crippen molar-refractivity contribution < 1.29 is 32.3 Å². The van der Waals surface area contributed by atoms with E-state index < -0.39 is 24.6 Å². The van der Waals surface area contributed by atoms with Gasteiger partial charge >= 0.3 is 6.36 Å². The number of carbonyl (C=O) groups is 3. The Kier molecular flexibility index (Phi) is 3.97. The van der Waals surface area contributed by atoms with Gasteiger partial charge in [0.05, 0.1) is 11.8 Å². The molecule has 9 heteroatoms. The molecule has 4 atom stereocenters. The van der Waals surface area contributed by atoms with Crippen molar-refractivity contribution in [2.24, 2.45) is 23.7 Å². The van der Waals surface area contributed by atoms with Gasteiger partial charge in [-0.25, -0.2) is 0 Å². The van der Waals surface area contributed by atoms with Crippen molar-refractivity contribution in [1.29, 1.82) is 0 Å². The zero-order valence-corrected chi connectivity index (χ0v) is 13.9. The van der Waals surface area contributed by atoms with E-state index >= 15 is 0 Å². The summed E-state index contributed by atoms with van der Waals surface area (Å²) in [6.45, 7) is -0.412. The third kappa shape index (κ3) is 3.17. The lowest BCUT2D eigenvalue weighted by Crippen LogP contribution is -2.39. The number of hydrogen-bond acceptors (Lipinski definition) is 4. The highest BCUT2D eigenvalue weighted by Crippen LogP contribution is 2.52. The number of alkyl halides is 3. The van der Waals surface area contributed by atoms with E-state index in [-0.39, 0.29) is 41.2 Å². The van der Waals surface area contributed by atoms with Crippen LogP contribution in [0.4, 0.5) is 18.9 Å². The van der Waals surface area contributed by atoms with Gasteiger partial charge in [-0.15, -0.1) is 13.2 Å². The number of carbonyl (C=O) groups excluding carboxylic acids is 3. The van der Waals surface area contributed by atoms with Crippen LogP contribution in [0.5, 0.6) is 5.75 Å². The van der Waals surface area contributed by atoms with E-state index in [1.165, 1.54) is 12.1 Å². The molecule has 2 bridgehead atoms. The van der Waals surface area contributed by atoms with Crippen molar-refractivity contribution in [1.82, 2.24) is 4.90 Å². The molecule has 1 saturated heterocycles. The van der Waals surface area contributed by atoms with E-state index in [9.17, 15) is 27.6 Å². The number of rotatable bonds is 4. The number of imide groups is 1. The molecule has 3 amide bonds. The highest BCUT2D eigenvalue weighted by atomic mass is 19.4. The number of allylic oxidation sites excluding steroid dienone is 2. The van der Waals surface area contributed by atoms with E-state index in [1.54, 1.807) is 0 Å². The van der Waals surface area contributed by atoms with Crippen molar-refractivity contribution in [2.45, 2.75) is 12.8 Å². The van der Waals surface area contributed by atoms with Crippen LogP contribution < -0.4 is 10.1 Å². The van der Waals surface area contributed by atoms with Gasteiger partial charge < -0.3 is 10.1 Å². The molecule has 27 heavy (non-hydrogen) atoms. The molecule has 0 aromatic heterocycles. The number of halogens is 3. The summed E-state index contributed by atoms with van der Waals surface area (Å²) < 4.78 is 40.2. The van der Waals surface area contributed by atoms with Crippen molar-refractivity contribution in [3.63, 3.8) is 0 Å². The Balaban J connectivity index is 1.37. The lowest BCUT2D eigenvalue weighted by Gasteiger charge is -2.17. The van der Waals surface area contributed by atoms with Crippen molar-refractivity contribution in [3.05, 3.63) is 36.4 Å². The number of fused-ring (bicyclic) bond motifs is 5. The molecule has 1 heterocycles. The maximum atomic E-state index is 12.5. The summed E-state index contributed by atoms with van der Waals surface area (Å²) >= 11 is 0. The second-order valence-corrected chi connectivity index (χ2v) is 6.88. The molecule has 6 nitrogen and oxygen atoms in total. The Labute approximate surface area is 152 Å². The van der Waals surface area contributed by atoms with Crippen LogP contribution in [0.25, 0.3) is 0 Å². The second-order valence-electron chi connectivity index (χ2n) is 6.88. The molecule has 2 fully saturated rings. The summed E-state index contributed by atoms with van der Waals surface area (Å²) in [4.78, 5) is 38.2. The average Bonchev–Trinajstić information content (AvgIpc) is 3.25. The molecule has 1 aromatic rings. The zero-order valence-electron chi connectivity index (χ0n) is 13.9. The minimum atomic E-state index is -4.80. The van der Waals surface area contributed by atoms with Gasteiger partial charge in [-0.1, -0.05) is 12.2 Å². The molecule has 3 aliphatic rings. The molecule has 4 rings (SSSR count). The molecule has 1 N–H and O–H groups in total. The quantitative estimate of drug-likeness (QED) is 0.643. The summed E-state index contributed by atoms with van der Waals surface area (Å²) in [7, 11) is 0. The highest BCUT2D eigenvalue weighted by Gasteiger charge is 2.59. The Morgan fingerprint density at radius 3 is 2.15 bits per heavy atom. The Morgan fingerprint density at radius 1 is 1.07 bits per heavy atom. The standard InChI is InChI=1S/C18H15F3N2O4/c19-18(20,21)27-12-5-3-11(4-6-12)22-13(24)8-23-16(25)14-9-1-2-10(7-9)15(14)17(23)26/h1-6,9-10,14-15H,7-8H2,(H,22,24)/t9-,10-,14+,15+/m0/s1. The van der Waals surface area contributed by atoms with Crippen molar-refractivity contribution in [3.8, 4) is 5.75 Å². The third-order valence-electron chi connectivity index (χ3n) is 5.24. The van der Waals surface area contributed by atoms with Gasteiger partial charge in [0.2, 0.25) is 17.7 Å². The van der Waals surface area contributed by atoms with E-state index in [0.29, 0.717) is 0 Å². The normalized spacial score (nSPS) is 28.6. The van der Waals surface area contributed by atoms with Gasteiger partial charge in [0.25, 0.3) is 0 Å². The van der Waals surface area contributed by atoms with E-state index in [0.717, 1.165) is 23.5 Å². The van der Waals surface area contributed by atoms with Gasteiger partial charge in [0.1, 0.15) is 12.3 Å². The fraction of sp³-hybridized carbons (Fsp3) is 0.389. The monoisotopic (exact) mass is 380 g/mol. The molecule has 1 aliphatic heterocycles. The number of hydrogen-bond donors (Lipinski definition) is 1. The zero-order chi connectivity index (χ0) is 19.3. The third-order valence-corrected chi connectivity index (χ3v) is 5.24. The van der Waals surface area contributed by atoms with E-state index in [4.69, 9.17) is 0 Å². The predicted molar refractivity (Wildman–Crippen MR) is 86.2 cm³/mol. The molecule has 142 valence electrons. The van der Waals surface area contributed by atoms with Gasteiger partial charge in [0.15, 0.2) is 0 Å². The molecule has 0 spiro atoms. The first-order valence-corrected chi connectivity index (χ1v) is 8.42. The smallest absolute Gasteiger partial charge is 0.406 e. The molecule has 2 aliphatic carbocycles. The lowest BCUT2D eigenvalue weighted by atomic mass is 9.85. The second kappa shape index (κ2) is 6.11. The Morgan fingerprint density at radius 2 is 1.63 bits per heavy atom. The van der Waals surface area contributed by atoms with Crippen LogP contribution in [-0.2, 0) is 14.4 Å². The van der Waals surface area contributed by atoms with Gasteiger partial charge in [0, 0.05) is 5.69 Å². The fourth-order valence-electron chi connectivity index (χ4n) is 4.20. The first-order valence-electron chi connectivity index (χ1n) is 8.42. The Hall–Kier alpha value is -2.84. The molecule has 1 saturated carbocycles. The Bertz CT molecular complexity index is 804. The summed E-state index contributed by atoms with van der Waals surface area (Å²) in [5, 5.41) is 2.47. The molecular weight excluding hydrogens is 365 g/mol. The molecule has 1 aromatic carbocycles. The molecule has 0 radical (unpaired) electrons.